The third-order valence-corrected chi connectivity index (χ3v) is 4.63. The van der Waals surface area contributed by atoms with Gasteiger partial charge in [-0.25, -0.2) is 0 Å². The van der Waals surface area contributed by atoms with E-state index < -0.39 is 0 Å². The van der Waals surface area contributed by atoms with Crippen molar-refractivity contribution in [2.24, 2.45) is 0 Å². The lowest BCUT2D eigenvalue weighted by Gasteiger charge is -2.19. The number of thioether (sulfide) groups is 1. The van der Waals surface area contributed by atoms with Crippen LogP contribution in [0.1, 0.15) is 31.9 Å². The zero-order valence-corrected chi connectivity index (χ0v) is 13.9. The van der Waals surface area contributed by atoms with E-state index in [2.05, 4.69) is 57.2 Å². The number of hydrogen-bond acceptors (Lipinski definition) is 2. The Morgan fingerprint density at radius 1 is 0.952 bits per heavy atom. The molecule has 2 rings (SSSR count). The molecule has 0 bridgehead atoms. The zero-order chi connectivity index (χ0) is 15.3. The van der Waals surface area contributed by atoms with E-state index in [1.54, 1.807) is 11.8 Å². The van der Waals surface area contributed by atoms with Crippen LogP contribution in [0.5, 0.6) is 0 Å². The molecule has 2 aromatic carbocycles. The molecule has 2 heteroatoms. The lowest BCUT2D eigenvalue weighted by Crippen LogP contribution is -2.14. The Kier molecular flexibility index (Phi) is 5.49. The highest BCUT2D eigenvalue weighted by Crippen LogP contribution is 2.23. The Hall–Kier alpha value is -1.25. The van der Waals surface area contributed by atoms with Gasteiger partial charge in [-0.2, -0.15) is 0 Å². The summed E-state index contributed by atoms with van der Waals surface area (Å²) in [5.41, 5.74) is 2.71. The predicted octanol–water partition coefficient (Wildman–Crippen LogP) is 4.68. The van der Waals surface area contributed by atoms with Gasteiger partial charge in [0.2, 0.25) is 0 Å². The molecular formula is C19H24OS. The minimum atomic E-state index is -0.310. The average Bonchev–Trinajstić information content (AvgIpc) is 2.46. The third kappa shape index (κ3) is 5.22. The van der Waals surface area contributed by atoms with E-state index in [9.17, 15) is 5.11 Å². The van der Waals surface area contributed by atoms with Crippen LogP contribution >= 0.6 is 11.8 Å². The normalized spacial score (nSPS) is 13.1. The van der Waals surface area contributed by atoms with Gasteiger partial charge in [0.1, 0.15) is 0 Å². The molecule has 0 spiro atoms. The van der Waals surface area contributed by atoms with E-state index >= 15 is 0 Å². The van der Waals surface area contributed by atoms with Gasteiger partial charge in [0.05, 0.1) is 6.10 Å². The van der Waals surface area contributed by atoms with E-state index in [1.165, 1.54) is 16.0 Å². The maximum Gasteiger partial charge on any atom is 0.0674 e. The molecule has 0 radical (unpaired) electrons. The predicted molar refractivity (Wildman–Crippen MR) is 92.0 cm³/mol. The summed E-state index contributed by atoms with van der Waals surface area (Å²) in [6.45, 7) is 6.65. The number of aliphatic hydroxyl groups excluding tert-OH is 1. The zero-order valence-electron chi connectivity index (χ0n) is 13.0. The summed E-state index contributed by atoms with van der Waals surface area (Å²) in [5, 5.41) is 10.2. The maximum absolute atomic E-state index is 10.2. The molecule has 21 heavy (non-hydrogen) atoms. The van der Waals surface area contributed by atoms with Crippen molar-refractivity contribution in [3.63, 3.8) is 0 Å². The molecular weight excluding hydrogens is 276 g/mol. The summed E-state index contributed by atoms with van der Waals surface area (Å²) < 4.78 is 0. The summed E-state index contributed by atoms with van der Waals surface area (Å²) in [4.78, 5) is 1.21. The molecule has 1 N–H and O–H groups in total. The van der Waals surface area contributed by atoms with Crippen LogP contribution in [-0.2, 0) is 11.8 Å². The SMILES string of the molecule is CC(C)(C)c1ccc(CC(O)CSc2ccccc2)cc1. The summed E-state index contributed by atoms with van der Waals surface area (Å²) in [6, 6.07) is 18.8. The largest absolute Gasteiger partial charge is 0.392 e. The van der Waals surface area contributed by atoms with Crippen molar-refractivity contribution in [1.29, 1.82) is 0 Å². The molecule has 1 atom stereocenters. The molecule has 1 unspecified atom stereocenters. The number of rotatable bonds is 5. The second-order valence-corrected chi connectivity index (χ2v) is 7.52. The van der Waals surface area contributed by atoms with Crippen LogP contribution in [0.3, 0.4) is 0 Å². The molecule has 0 saturated heterocycles. The second-order valence-electron chi connectivity index (χ2n) is 6.43. The Balaban J connectivity index is 1.86. The second kappa shape index (κ2) is 7.15. The molecule has 0 saturated carbocycles. The fourth-order valence-corrected chi connectivity index (χ4v) is 3.03. The van der Waals surface area contributed by atoms with Gasteiger partial charge in [-0.15, -0.1) is 11.8 Å². The molecule has 2 aromatic rings. The van der Waals surface area contributed by atoms with Crippen molar-refractivity contribution < 1.29 is 5.11 Å². The third-order valence-electron chi connectivity index (χ3n) is 3.48. The van der Waals surface area contributed by atoms with Crippen molar-refractivity contribution >= 4 is 11.8 Å². The van der Waals surface area contributed by atoms with Gasteiger partial charge >= 0.3 is 0 Å². The van der Waals surface area contributed by atoms with Gasteiger partial charge in [-0.3, -0.25) is 0 Å². The first-order chi connectivity index (χ1) is 9.95. The van der Waals surface area contributed by atoms with Gasteiger partial charge in [-0.05, 0) is 35.1 Å². The lowest BCUT2D eigenvalue weighted by atomic mass is 9.86. The summed E-state index contributed by atoms with van der Waals surface area (Å²) in [5.74, 6) is 0.727. The van der Waals surface area contributed by atoms with Crippen LogP contribution in [0.25, 0.3) is 0 Å². The van der Waals surface area contributed by atoms with Gasteiger partial charge in [0.15, 0.2) is 0 Å². The lowest BCUT2D eigenvalue weighted by molar-refractivity contribution is 0.200. The Labute approximate surface area is 132 Å². The van der Waals surface area contributed by atoms with Gasteiger partial charge < -0.3 is 5.11 Å². The number of benzene rings is 2. The van der Waals surface area contributed by atoms with Gasteiger partial charge in [0.25, 0.3) is 0 Å². The molecule has 0 aliphatic heterocycles. The Bertz CT molecular complexity index is 540. The van der Waals surface area contributed by atoms with Crippen LogP contribution < -0.4 is 0 Å². The molecule has 0 aromatic heterocycles. The van der Waals surface area contributed by atoms with Crippen molar-refractivity contribution in [3.05, 3.63) is 65.7 Å². The van der Waals surface area contributed by atoms with Crippen molar-refractivity contribution in [2.75, 3.05) is 5.75 Å². The minimum absolute atomic E-state index is 0.181. The van der Waals surface area contributed by atoms with E-state index in [0.29, 0.717) is 6.42 Å². The quantitative estimate of drug-likeness (QED) is 0.809. The van der Waals surface area contributed by atoms with Crippen LogP contribution in [-0.4, -0.2) is 17.0 Å². The molecule has 1 nitrogen and oxygen atoms in total. The molecule has 0 heterocycles. The monoisotopic (exact) mass is 300 g/mol. The van der Waals surface area contributed by atoms with E-state index in [-0.39, 0.29) is 11.5 Å². The first-order valence-electron chi connectivity index (χ1n) is 7.40. The van der Waals surface area contributed by atoms with Gasteiger partial charge in [-0.1, -0.05) is 63.2 Å². The number of hydrogen-bond donors (Lipinski definition) is 1. The molecule has 0 amide bonds. The van der Waals surface area contributed by atoms with Gasteiger partial charge in [0, 0.05) is 10.6 Å². The first kappa shape index (κ1) is 16.1. The van der Waals surface area contributed by atoms with E-state index in [4.69, 9.17) is 0 Å². The van der Waals surface area contributed by atoms with E-state index in [1.807, 2.05) is 18.2 Å². The average molecular weight is 300 g/mol. The van der Waals surface area contributed by atoms with Crippen molar-refractivity contribution in [2.45, 2.75) is 43.6 Å². The van der Waals surface area contributed by atoms with E-state index in [0.717, 1.165) is 5.75 Å². The van der Waals surface area contributed by atoms with Crippen LogP contribution in [0.15, 0.2) is 59.5 Å². The Morgan fingerprint density at radius 2 is 1.57 bits per heavy atom. The van der Waals surface area contributed by atoms with Crippen molar-refractivity contribution in [3.8, 4) is 0 Å². The molecule has 0 fully saturated rings. The van der Waals surface area contributed by atoms with Crippen molar-refractivity contribution in [1.82, 2.24) is 0 Å². The smallest absolute Gasteiger partial charge is 0.0674 e. The highest BCUT2D eigenvalue weighted by Gasteiger charge is 2.13. The fourth-order valence-electron chi connectivity index (χ4n) is 2.18. The standard InChI is InChI=1S/C19H24OS/c1-19(2,3)16-11-9-15(10-12-16)13-17(20)14-21-18-7-5-4-6-8-18/h4-12,17,20H,13-14H2,1-3H3. The Morgan fingerprint density at radius 3 is 2.14 bits per heavy atom. The van der Waals surface area contributed by atoms with Crippen LogP contribution in [0.4, 0.5) is 0 Å². The minimum Gasteiger partial charge on any atom is -0.392 e. The summed E-state index contributed by atoms with van der Waals surface area (Å²) in [6.07, 6.45) is 0.403. The first-order valence-corrected chi connectivity index (χ1v) is 8.39. The highest BCUT2D eigenvalue weighted by atomic mass is 32.2. The fraction of sp³-hybridized carbons (Fsp3) is 0.368. The number of aliphatic hydroxyl groups is 1. The van der Waals surface area contributed by atoms with Crippen LogP contribution in [0, 0.1) is 0 Å². The van der Waals surface area contributed by atoms with Crippen LogP contribution in [0.2, 0.25) is 0 Å². The highest BCUT2D eigenvalue weighted by molar-refractivity contribution is 7.99. The molecule has 112 valence electrons. The maximum atomic E-state index is 10.2. The topological polar surface area (TPSA) is 20.2 Å². The molecule has 0 aliphatic carbocycles. The summed E-state index contributed by atoms with van der Waals surface area (Å²) in [7, 11) is 0. The summed E-state index contributed by atoms with van der Waals surface area (Å²) >= 11 is 1.71. The molecule has 0 aliphatic rings.